The first kappa shape index (κ1) is 14.8. The molecule has 0 saturated carbocycles. The van der Waals surface area contributed by atoms with Crippen molar-refractivity contribution in [2.45, 2.75) is 5.75 Å². The Morgan fingerprint density at radius 1 is 1.32 bits per heavy atom. The molecule has 1 heterocycles. The van der Waals surface area contributed by atoms with Crippen LogP contribution in [0.4, 0.5) is 0 Å². The Bertz CT molecular complexity index is 691. The topological polar surface area (TPSA) is 34.1 Å². The third-order valence-electron chi connectivity index (χ3n) is 2.33. The van der Waals surface area contributed by atoms with Crippen molar-refractivity contribution < 1.29 is 8.42 Å². The molecule has 2 nitrogen and oxygen atoms in total. The molecular formula is C13H10BrClO2S2. The van der Waals surface area contributed by atoms with E-state index >= 15 is 0 Å². The summed E-state index contributed by atoms with van der Waals surface area (Å²) in [5.41, 5.74) is 0.701. The maximum absolute atomic E-state index is 12.0. The second kappa shape index (κ2) is 6.22. The fourth-order valence-electron chi connectivity index (χ4n) is 1.47. The van der Waals surface area contributed by atoms with E-state index in [2.05, 4.69) is 15.9 Å². The summed E-state index contributed by atoms with van der Waals surface area (Å²) in [5.74, 6) is -0.0371. The average Bonchev–Trinajstić information content (AvgIpc) is 2.84. The van der Waals surface area contributed by atoms with Gasteiger partial charge in [0, 0.05) is 14.8 Å². The second-order valence-corrected chi connectivity index (χ2v) is 8.00. The van der Waals surface area contributed by atoms with Gasteiger partial charge in [0.1, 0.15) is 0 Å². The van der Waals surface area contributed by atoms with Crippen LogP contribution >= 0.6 is 38.9 Å². The van der Waals surface area contributed by atoms with Crippen molar-refractivity contribution in [3.8, 4) is 0 Å². The first-order chi connectivity index (χ1) is 8.96. The smallest absolute Gasteiger partial charge is 0.175 e. The van der Waals surface area contributed by atoms with Gasteiger partial charge in [-0.05, 0) is 51.1 Å². The molecule has 0 unspecified atom stereocenters. The van der Waals surface area contributed by atoms with Crippen LogP contribution in [0.1, 0.15) is 10.4 Å². The van der Waals surface area contributed by atoms with Crippen LogP contribution in [-0.4, -0.2) is 8.42 Å². The standard InChI is InChI=1S/C13H10BrClO2S2/c14-12-8-10(3-4-13(12)15)9-19(16,17)7-5-11-2-1-6-18-11/h1-8H,9H2. The average molecular weight is 378 g/mol. The Morgan fingerprint density at radius 2 is 2.11 bits per heavy atom. The van der Waals surface area contributed by atoms with E-state index in [4.69, 9.17) is 11.6 Å². The summed E-state index contributed by atoms with van der Waals surface area (Å²) in [6, 6.07) is 8.87. The minimum Gasteiger partial charge on any atom is -0.224 e. The first-order valence-electron chi connectivity index (χ1n) is 5.34. The number of benzene rings is 1. The zero-order valence-electron chi connectivity index (χ0n) is 9.71. The number of rotatable bonds is 4. The summed E-state index contributed by atoms with van der Waals surface area (Å²) in [6.07, 6.45) is 1.62. The van der Waals surface area contributed by atoms with Gasteiger partial charge in [0.2, 0.25) is 0 Å². The summed E-state index contributed by atoms with van der Waals surface area (Å²) in [7, 11) is -3.28. The van der Waals surface area contributed by atoms with Gasteiger partial charge in [0.25, 0.3) is 0 Å². The third-order valence-corrected chi connectivity index (χ3v) is 5.67. The lowest BCUT2D eigenvalue weighted by atomic mass is 10.2. The Balaban J connectivity index is 2.15. The predicted octanol–water partition coefficient (Wildman–Crippen LogP) is 4.75. The third kappa shape index (κ3) is 4.45. The molecule has 0 amide bonds. The van der Waals surface area contributed by atoms with E-state index in [9.17, 15) is 8.42 Å². The van der Waals surface area contributed by atoms with Gasteiger partial charge in [-0.1, -0.05) is 23.7 Å². The first-order valence-corrected chi connectivity index (χ1v) is 9.11. The van der Waals surface area contributed by atoms with E-state index in [0.29, 0.717) is 15.1 Å². The number of hydrogen-bond acceptors (Lipinski definition) is 3. The number of halogens is 2. The van der Waals surface area contributed by atoms with Gasteiger partial charge >= 0.3 is 0 Å². The predicted molar refractivity (Wildman–Crippen MR) is 85.1 cm³/mol. The normalized spacial score (nSPS) is 12.1. The SMILES string of the molecule is O=S(=O)(C=Cc1cccs1)Cc1ccc(Cl)c(Br)c1. The van der Waals surface area contributed by atoms with Crippen molar-refractivity contribution in [1.82, 2.24) is 0 Å². The van der Waals surface area contributed by atoms with Crippen LogP contribution in [0.25, 0.3) is 6.08 Å². The maximum atomic E-state index is 12.0. The van der Waals surface area contributed by atoms with E-state index < -0.39 is 9.84 Å². The molecule has 0 radical (unpaired) electrons. The molecule has 0 N–H and O–H groups in total. The van der Waals surface area contributed by atoms with Crippen LogP contribution in [0.15, 0.2) is 45.6 Å². The molecule has 0 spiro atoms. The van der Waals surface area contributed by atoms with Crippen LogP contribution in [0.5, 0.6) is 0 Å². The van der Waals surface area contributed by atoms with Crippen molar-refractivity contribution in [3.05, 3.63) is 61.1 Å². The molecule has 1 aromatic heterocycles. The molecule has 1 aromatic carbocycles. The Kier molecular flexibility index (Phi) is 4.84. The van der Waals surface area contributed by atoms with Crippen molar-refractivity contribution >= 4 is 54.8 Å². The fourth-order valence-corrected chi connectivity index (χ4v) is 3.81. The van der Waals surface area contributed by atoms with E-state index in [1.54, 1.807) is 24.3 Å². The van der Waals surface area contributed by atoms with Gasteiger partial charge in [0.05, 0.1) is 10.8 Å². The molecule has 0 bridgehead atoms. The van der Waals surface area contributed by atoms with Crippen molar-refractivity contribution in [2.24, 2.45) is 0 Å². The van der Waals surface area contributed by atoms with Gasteiger partial charge in [-0.15, -0.1) is 11.3 Å². The fraction of sp³-hybridized carbons (Fsp3) is 0.0769. The largest absolute Gasteiger partial charge is 0.224 e. The van der Waals surface area contributed by atoms with Crippen molar-refractivity contribution in [3.63, 3.8) is 0 Å². The Labute approximate surface area is 129 Å². The minimum absolute atomic E-state index is 0.0371. The number of sulfone groups is 1. The highest BCUT2D eigenvalue weighted by Gasteiger charge is 2.09. The monoisotopic (exact) mass is 376 g/mol. The molecular weight excluding hydrogens is 368 g/mol. The van der Waals surface area contributed by atoms with Crippen LogP contribution in [0.2, 0.25) is 5.02 Å². The lowest BCUT2D eigenvalue weighted by Crippen LogP contribution is -1.99. The van der Waals surface area contributed by atoms with Gasteiger partial charge in [-0.3, -0.25) is 0 Å². The Morgan fingerprint density at radius 3 is 2.74 bits per heavy atom. The van der Waals surface area contributed by atoms with Crippen molar-refractivity contribution in [1.29, 1.82) is 0 Å². The molecule has 0 fully saturated rings. The van der Waals surface area contributed by atoms with Crippen LogP contribution in [0.3, 0.4) is 0 Å². The highest BCUT2D eigenvalue weighted by Crippen LogP contribution is 2.24. The molecule has 0 saturated heterocycles. The van der Waals surface area contributed by atoms with Gasteiger partial charge < -0.3 is 0 Å². The maximum Gasteiger partial charge on any atom is 0.175 e. The van der Waals surface area contributed by atoms with Gasteiger partial charge in [0.15, 0.2) is 9.84 Å². The quantitative estimate of drug-likeness (QED) is 0.770. The van der Waals surface area contributed by atoms with E-state index in [-0.39, 0.29) is 5.75 Å². The zero-order valence-corrected chi connectivity index (χ0v) is 13.7. The van der Waals surface area contributed by atoms with Gasteiger partial charge in [-0.2, -0.15) is 0 Å². The lowest BCUT2D eigenvalue weighted by Gasteiger charge is -2.02. The summed E-state index contributed by atoms with van der Waals surface area (Å²) in [5, 5.41) is 3.72. The molecule has 2 rings (SSSR count). The van der Waals surface area contributed by atoms with Crippen LogP contribution < -0.4 is 0 Å². The molecule has 19 heavy (non-hydrogen) atoms. The number of thiophene rings is 1. The highest BCUT2D eigenvalue weighted by atomic mass is 79.9. The van der Waals surface area contributed by atoms with E-state index in [1.165, 1.54) is 16.7 Å². The Hall–Kier alpha value is -0.620. The van der Waals surface area contributed by atoms with Gasteiger partial charge in [-0.25, -0.2) is 8.42 Å². The summed E-state index contributed by atoms with van der Waals surface area (Å²) in [4.78, 5) is 0.917. The van der Waals surface area contributed by atoms with E-state index in [0.717, 1.165) is 4.88 Å². The molecule has 0 aliphatic heterocycles. The van der Waals surface area contributed by atoms with Crippen molar-refractivity contribution in [2.75, 3.05) is 0 Å². The summed E-state index contributed by atoms with van der Waals surface area (Å²) in [6.45, 7) is 0. The second-order valence-electron chi connectivity index (χ2n) is 3.87. The highest BCUT2D eigenvalue weighted by molar-refractivity contribution is 9.10. The molecule has 100 valence electrons. The summed E-state index contributed by atoms with van der Waals surface area (Å²) < 4.78 is 24.6. The molecule has 0 atom stereocenters. The zero-order chi connectivity index (χ0) is 13.9. The van der Waals surface area contributed by atoms with Crippen LogP contribution in [0, 0.1) is 0 Å². The summed E-state index contributed by atoms with van der Waals surface area (Å²) >= 11 is 10.7. The van der Waals surface area contributed by atoms with Crippen LogP contribution in [-0.2, 0) is 15.6 Å². The molecule has 0 aliphatic rings. The minimum atomic E-state index is -3.28. The molecule has 2 aromatic rings. The number of hydrogen-bond donors (Lipinski definition) is 0. The molecule has 0 aliphatic carbocycles. The lowest BCUT2D eigenvalue weighted by molar-refractivity contribution is 0.604. The molecule has 6 heteroatoms. The van der Waals surface area contributed by atoms with E-state index in [1.807, 2.05) is 17.5 Å².